The zero-order chi connectivity index (χ0) is 19.1. The lowest BCUT2D eigenvalue weighted by Gasteiger charge is -2.25. The molecule has 1 aliphatic heterocycles. The first-order valence-corrected chi connectivity index (χ1v) is 9.60. The van der Waals surface area contributed by atoms with Crippen molar-refractivity contribution in [1.29, 1.82) is 0 Å². The molecule has 9 heteroatoms. The summed E-state index contributed by atoms with van der Waals surface area (Å²) < 4.78 is 32.4. The Hall–Kier alpha value is -2.22. The molecule has 0 radical (unpaired) electrons. The standard InChI is InChI=1S/C17H13Cl2NO5S/c1-17(13-11(18)8-5-9-12(13)19)15(22)14(21)16(25-17)20-26(23,24)10-6-3-2-4-7-10/h2-9,20-21H,1H3. The topological polar surface area (TPSA) is 92.7 Å². The van der Waals surface area contributed by atoms with Crippen LogP contribution in [0.15, 0.2) is 65.1 Å². The quantitative estimate of drug-likeness (QED) is 0.799. The zero-order valence-corrected chi connectivity index (χ0v) is 15.7. The highest BCUT2D eigenvalue weighted by atomic mass is 35.5. The number of aliphatic hydroxyl groups excluding tert-OH is 1. The molecule has 1 heterocycles. The van der Waals surface area contributed by atoms with Gasteiger partial charge in [0.05, 0.1) is 4.90 Å². The number of Topliss-reactive ketones (excluding diaryl/α,β-unsaturated/α-hetero) is 1. The number of halogens is 2. The van der Waals surface area contributed by atoms with Gasteiger partial charge in [0, 0.05) is 15.6 Å². The molecule has 2 aromatic carbocycles. The van der Waals surface area contributed by atoms with Crippen molar-refractivity contribution in [2.24, 2.45) is 0 Å². The second kappa shape index (κ2) is 6.50. The molecule has 0 aromatic heterocycles. The number of nitrogens with one attached hydrogen (secondary N) is 1. The Morgan fingerprint density at radius 1 is 1.04 bits per heavy atom. The molecule has 0 spiro atoms. The molecule has 1 aliphatic rings. The normalized spacial score (nSPS) is 20.2. The Bertz CT molecular complexity index is 1000. The molecule has 0 saturated carbocycles. The Morgan fingerprint density at radius 3 is 2.19 bits per heavy atom. The van der Waals surface area contributed by atoms with Crippen molar-refractivity contribution in [3.63, 3.8) is 0 Å². The molecular weight excluding hydrogens is 401 g/mol. The summed E-state index contributed by atoms with van der Waals surface area (Å²) in [6.45, 7) is 1.35. The average Bonchev–Trinajstić information content (AvgIpc) is 2.79. The smallest absolute Gasteiger partial charge is 0.264 e. The van der Waals surface area contributed by atoms with Gasteiger partial charge in [-0.3, -0.25) is 4.79 Å². The molecule has 1 unspecified atom stereocenters. The van der Waals surface area contributed by atoms with E-state index in [1.54, 1.807) is 12.1 Å². The number of ether oxygens (including phenoxy) is 1. The fraction of sp³-hybridized carbons (Fsp3) is 0.118. The van der Waals surface area contributed by atoms with Gasteiger partial charge in [-0.15, -0.1) is 0 Å². The number of carbonyl (C=O) groups excluding carboxylic acids is 1. The van der Waals surface area contributed by atoms with Crippen LogP contribution in [0, 0.1) is 0 Å². The van der Waals surface area contributed by atoms with E-state index in [1.165, 1.54) is 43.3 Å². The van der Waals surface area contributed by atoms with Crippen LogP contribution in [0.5, 0.6) is 0 Å². The van der Waals surface area contributed by atoms with Crippen molar-refractivity contribution in [3.05, 3.63) is 75.8 Å². The number of ketones is 1. The summed E-state index contributed by atoms with van der Waals surface area (Å²) in [5.41, 5.74) is -1.64. The van der Waals surface area contributed by atoms with Crippen LogP contribution in [0.25, 0.3) is 0 Å². The third-order valence-corrected chi connectivity index (χ3v) is 5.87. The van der Waals surface area contributed by atoms with Gasteiger partial charge < -0.3 is 9.84 Å². The number of hydrogen-bond donors (Lipinski definition) is 2. The molecule has 2 aromatic rings. The highest BCUT2D eigenvalue weighted by Crippen LogP contribution is 2.43. The predicted molar refractivity (Wildman–Crippen MR) is 96.3 cm³/mol. The van der Waals surface area contributed by atoms with Crippen LogP contribution in [0.3, 0.4) is 0 Å². The van der Waals surface area contributed by atoms with E-state index in [4.69, 9.17) is 27.9 Å². The molecule has 6 nitrogen and oxygen atoms in total. The fourth-order valence-electron chi connectivity index (χ4n) is 2.60. The maximum absolute atomic E-state index is 12.6. The number of carbonyl (C=O) groups is 1. The lowest BCUT2D eigenvalue weighted by Crippen LogP contribution is -2.33. The summed E-state index contributed by atoms with van der Waals surface area (Å²) in [6.07, 6.45) is 0. The molecule has 3 rings (SSSR count). The highest BCUT2D eigenvalue weighted by Gasteiger charge is 2.50. The monoisotopic (exact) mass is 413 g/mol. The lowest BCUT2D eigenvalue weighted by molar-refractivity contribution is -0.131. The van der Waals surface area contributed by atoms with Crippen molar-refractivity contribution < 1.29 is 23.1 Å². The fourth-order valence-corrected chi connectivity index (χ4v) is 4.37. The van der Waals surface area contributed by atoms with E-state index in [-0.39, 0.29) is 20.5 Å². The maximum Gasteiger partial charge on any atom is 0.264 e. The minimum Gasteiger partial charge on any atom is -0.501 e. The van der Waals surface area contributed by atoms with E-state index >= 15 is 0 Å². The van der Waals surface area contributed by atoms with Crippen molar-refractivity contribution in [2.75, 3.05) is 0 Å². The molecule has 0 amide bonds. The van der Waals surface area contributed by atoms with Crippen molar-refractivity contribution in [2.45, 2.75) is 17.4 Å². The first-order valence-electron chi connectivity index (χ1n) is 7.36. The second-order valence-electron chi connectivity index (χ2n) is 5.66. The van der Waals surface area contributed by atoms with Crippen LogP contribution >= 0.6 is 23.2 Å². The van der Waals surface area contributed by atoms with Gasteiger partial charge >= 0.3 is 0 Å². The van der Waals surface area contributed by atoms with Crippen LogP contribution in [-0.2, 0) is 25.2 Å². The largest absolute Gasteiger partial charge is 0.501 e. The molecule has 0 fully saturated rings. The van der Waals surface area contributed by atoms with Crippen molar-refractivity contribution >= 4 is 39.0 Å². The predicted octanol–water partition coefficient (Wildman–Crippen LogP) is 3.51. The Labute approximate surface area is 160 Å². The van der Waals surface area contributed by atoms with E-state index in [0.717, 1.165) is 0 Å². The van der Waals surface area contributed by atoms with Gasteiger partial charge in [-0.05, 0) is 31.2 Å². The number of aliphatic hydroxyl groups is 1. The Morgan fingerprint density at radius 2 is 1.62 bits per heavy atom. The minimum absolute atomic E-state index is 0.0549. The van der Waals surface area contributed by atoms with Gasteiger partial charge in [-0.25, -0.2) is 13.1 Å². The lowest BCUT2D eigenvalue weighted by atomic mass is 9.91. The summed E-state index contributed by atoms with van der Waals surface area (Å²) in [5.74, 6) is -2.31. The van der Waals surface area contributed by atoms with Gasteiger partial charge in [-0.1, -0.05) is 47.5 Å². The van der Waals surface area contributed by atoms with E-state index in [2.05, 4.69) is 4.72 Å². The van der Waals surface area contributed by atoms with E-state index in [1.807, 2.05) is 0 Å². The molecule has 0 saturated heterocycles. The van der Waals surface area contributed by atoms with Crippen LogP contribution in [0.4, 0.5) is 0 Å². The molecular formula is C17H13Cl2NO5S. The van der Waals surface area contributed by atoms with Crippen LogP contribution in [0.1, 0.15) is 12.5 Å². The molecule has 0 aliphatic carbocycles. The molecule has 2 N–H and O–H groups in total. The Kier molecular flexibility index (Phi) is 4.64. The summed E-state index contributed by atoms with van der Waals surface area (Å²) >= 11 is 12.3. The van der Waals surface area contributed by atoms with E-state index in [9.17, 15) is 18.3 Å². The molecule has 136 valence electrons. The number of hydrogen-bond acceptors (Lipinski definition) is 5. The summed E-state index contributed by atoms with van der Waals surface area (Å²) in [4.78, 5) is 12.5. The highest BCUT2D eigenvalue weighted by molar-refractivity contribution is 7.89. The van der Waals surface area contributed by atoms with Crippen LogP contribution in [0.2, 0.25) is 10.0 Å². The third kappa shape index (κ3) is 3.02. The van der Waals surface area contributed by atoms with E-state index in [0.29, 0.717) is 0 Å². The Balaban J connectivity index is 1.99. The first kappa shape index (κ1) is 18.6. The summed E-state index contributed by atoms with van der Waals surface area (Å²) in [5, 5.41) is 10.4. The number of sulfonamides is 1. The maximum atomic E-state index is 12.6. The minimum atomic E-state index is -4.06. The number of rotatable bonds is 4. The van der Waals surface area contributed by atoms with Crippen LogP contribution in [-0.4, -0.2) is 19.3 Å². The first-order chi connectivity index (χ1) is 12.2. The van der Waals surface area contributed by atoms with Gasteiger partial charge in [0.2, 0.25) is 17.2 Å². The summed E-state index contributed by atoms with van der Waals surface area (Å²) in [7, 11) is -4.06. The van der Waals surface area contributed by atoms with Gasteiger partial charge in [0.15, 0.2) is 0 Å². The van der Waals surface area contributed by atoms with E-state index < -0.39 is 33.0 Å². The third-order valence-electron chi connectivity index (χ3n) is 3.89. The molecule has 26 heavy (non-hydrogen) atoms. The SMILES string of the molecule is CC1(c2c(Cl)cccc2Cl)OC(NS(=O)(=O)c2ccccc2)=C(O)C1=O. The average molecular weight is 414 g/mol. The summed E-state index contributed by atoms with van der Waals surface area (Å²) in [6, 6.07) is 12.1. The molecule has 0 bridgehead atoms. The zero-order valence-electron chi connectivity index (χ0n) is 13.4. The molecule has 1 atom stereocenters. The number of benzene rings is 2. The van der Waals surface area contributed by atoms with Gasteiger partial charge in [-0.2, -0.15) is 0 Å². The van der Waals surface area contributed by atoms with Crippen LogP contribution < -0.4 is 4.72 Å². The van der Waals surface area contributed by atoms with Gasteiger partial charge in [0.25, 0.3) is 15.8 Å². The van der Waals surface area contributed by atoms with Gasteiger partial charge in [0.1, 0.15) is 0 Å². The van der Waals surface area contributed by atoms with Crippen molar-refractivity contribution in [3.8, 4) is 0 Å². The van der Waals surface area contributed by atoms with Crippen molar-refractivity contribution in [1.82, 2.24) is 4.72 Å². The second-order valence-corrected chi connectivity index (χ2v) is 8.15.